The van der Waals surface area contributed by atoms with Crippen LogP contribution in [0.3, 0.4) is 0 Å². The Hall–Kier alpha value is -0.950. The molecule has 114 valence electrons. The molecule has 2 aliphatic rings. The number of hydrogen-bond donors (Lipinski definition) is 3. The summed E-state index contributed by atoms with van der Waals surface area (Å²) in [6.45, 7) is 0.433. The maximum atomic E-state index is 11.9. The Bertz CT molecular complexity index is 358. The molecule has 2 amide bonds. The first-order chi connectivity index (χ1) is 9.60. The van der Waals surface area contributed by atoms with E-state index in [1.165, 1.54) is 0 Å². The summed E-state index contributed by atoms with van der Waals surface area (Å²) < 4.78 is 5.12. The highest BCUT2D eigenvalue weighted by Gasteiger charge is 2.35. The fourth-order valence-electron chi connectivity index (χ4n) is 2.78. The average molecular weight is 302 g/mol. The first-order valence-corrected chi connectivity index (χ1v) is 8.29. The lowest BCUT2D eigenvalue weighted by atomic mass is 9.95. The molecule has 1 aliphatic heterocycles. The van der Waals surface area contributed by atoms with Crippen molar-refractivity contribution in [3.05, 3.63) is 0 Å². The van der Waals surface area contributed by atoms with Crippen LogP contribution in [-0.2, 0) is 9.53 Å². The molecule has 0 bridgehead atoms. The van der Waals surface area contributed by atoms with Crippen LogP contribution in [0.2, 0.25) is 0 Å². The second-order valence-corrected chi connectivity index (χ2v) is 6.55. The van der Waals surface area contributed by atoms with Gasteiger partial charge in [0.25, 0.3) is 0 Å². The standard InChI is InChI=1S/C13H22N2O4S/c1-20-9-4-2-8(3-5-9)14-13(18)15-11-7-19-6-10(11)12(16)17/h8-11H,2-7H2,1H3,(H,16,17)(H2,14,15,18). The van der Waals surface area contributed by atoms with E-state index < -0.39 is 17.9 Å². The summed E-state index contributed by atoms with van der Waals surface area (Å²) in [5.74, 6) is -1.57. The number of thioether (sulfide) groups is 1. The van der Waals surface area contributed by atoms with E-state index in [-0.39, 0.29) is 25.3 Å². The lowest BCUT2D eigenvalue weighted by Gasteiger charge is -2.28. The van der Waals surface area contributed by atoms with Crippen LogP contribution in [0.15, 0.2) is 0 Å². The second-order valence-electron chi connectivity index (χ2n) is 5.42. The quantitative estimate of drug-likeness (QED) is 0.723. The van der Waals surface area contributed by atoms with Crippen molar-refractivity contribution >= 4 is 23.8 Å². The lowest BCUT2D eigenvalue weighted by Crippen LogP contribution is -2.50. The molecule has 20 heavy (non-hydrogen) atoms. The van der Waals surface area contributed by atoms with E-state index in [1.807, 2.05) is 11.8 Å². The van der Waals surface area contributed by atoms with Crippen LogP contribution in [-0.4, -0.2) is 53.9 Å². The number of rotatable bonds is 4. The van der Waals surface area contributed by atoms with Gasteiger partial charge in [-0.3, -0.25) is 4.79 Å². The van der Waals surface area contributed by atoms with Crippen LogP contribution >= 0.6 is 11.8 Å². The molecule has 1 saturated heterocycles. The normalized spacial score (nSPS) is 33.6. The molecule has 2 rings (SSSR count). The average Bonchev–Trinajstić information content (AvgIpc) is 2.87. The van der Waals surface area contributed by atoms with Gasteiger partial charge in [-0.1, -0.05) is 0 Å². The minimum absolute atomic E-state index is 0.166. The Labute approximate surface area is 123 Å². The van der Waals surface area contributed by atoms with Crippen molar-refractivity contribution in [2.24, 2.45) is 5.92 Å². The number of urea groups is 1. The van der Waals surface area contributed by atoms with E-state index in [9.17, 15) is 9.59 Å². The van der Waals surface area contributed by atoms with Crippen LogP contribution in [0.1, 0.15) is 25.7 Å². The summed E-state index contributed by atoms with van der Waals surface area (Å²) in [6, 6.07) is -0.515. The summed E-state index contributed by atoms with van der Waals surface area (Å²) in [6.07, 6.45) is 6.34. The molecule has 3 N–H and O–H groups in total. The predicted molar refractivity (Wildman–Crippen MR) is 77.0 cm³/mol. The first kappa shape index (κ1) is 15.4. The smallest absolute Gasteiger partial charge is 0.315 e. The third-order valence-electron chi connectivity index (χ3n) is 4.06. The van der Waals surface area contributed by atoms with Gasteiger partial charge in [-0.25, -0.2) is 4.79 Å². The fraction of sp³-hybridized carbons (Fsp3) is 0.846. The Morgan fingerprint density at radius 2 is 1.85 bits per heavy atom. The van der Waals surface area contributed by atoms with Gasteiger partial charge >= 0.3 is 12.0 Å². The summed E-state index contributed by atoms with van der Waals surface area (Å²) in [5, 5.41) is 15.4. The van der Waals surface area contributed by atoms with Gasteiger partial charge in [0.15, 0.2) is 0 Å². The van der Waals surface area contributed by atoms with Crippen LogP contribution < -0.4 is 10.6 Å². The maximum absolute atomic E-state index is 11.9. The summed E-state index contributed by atoms with van der Waals surface area (Å²) in [5.41, 5.74) is 0. The van der Waals surface area contributed by atoms with Crippen molar-refractivity contribution in [2.45, 2.75) is 43.0 Å². The molecule has 0 spiro atoms. The second kappa shape index (κ2) is 7.17. The number of aliphatic carboxylic acids is 1. The van der Waals surface area contributed by atoms with Crippen molar-refractivity contribution in [2.75, 3.05) is 19.5 Å². The number of hydrogen-bond acceptors (Lipinski definition) is 4. The molecule has 2 fully saturated rings. The Morgan fingerprint density at radius 1 is 1.15 bits per heavy atom. The molecule has 1 saturated carbocycles. The molecule has 1 aliphatic carbocycles. The van der Waals surface area contributed by atoms with Crippen molar-refractivity contribution in [3.8, 4) is 0 Å². The van der Waals surface area contributed by atoms with Crippen molar-refractivity contribution in [1.82, 2.24) is 10.6 Å². The molecule has 0 radical (unpaired) electrons. The van der Waals surface area contributed by atoms with Crippen LogP contribution in [0.25, 0.3) is 0 Å². The van der Waals surface area contributed by atoms with Gasteiger partial charge in [-0.2, -0.15) is 11.8 Å². The van der Waals surface area contributed by atoms with E-state index in [4.69, 9.17) is 9.84 Å². The number of carboxylic acids is 1. The largest absolute Gasteiger partial charge is 0.481 e. The molecule has 1 heterocycles. The molecule has 2 atom stereocenters. The van der Waals surface area contributed by atoms with Gasteiger partial charge in [0, 0.05) is 11.3 Å². The highest BCUT2D eigenvalue weighted by molar-refractivity contribution is 7.99. The number of carbonyl (C=O) groups excluding carboxylic acids is 1. The minimum atomic E-state index is -0.923. The van der Waals surface area contributed by atoms with E-state index in [1.54, 1.807) is 0 Å². The SMILES string of the molecule is CSC1CCC(NC(=O)NC2COCC2C(=O)O)CC1. The predicted octanol–water partition coefficient (Wildman–Crippen LogP) is 1.06. The number of amides is 2. The van der Waals surface area contributed by atoms with Crippen LogP contribution in [0.4, 0.5) is 4.79 Å². The Morgan fingerprint density at radius 3 is 2.45 bits per heavy atom. The van der Waals surface area contributed by atoms with Crippen LogP contribution in [0.5, 0.6) is 0 Å². The zero-order chi connectivity index (χ0) is 14.5. The van der Waals surface area contributed by atoms with Gasteiger partial charge in [-0.05, 0) is 31.9 Å². The highest BCUT2D eigenvalue weighted by Crippen LogP contribution is 2.26. The molecule has 0 aromatic carbocycles. The van der Waals surface area contributed by atoms with Gasteiger partial charge < -0.3 is 20.5 Å². The Balaban J connectivity index is 1.74. The summed E-state index contributed by atoms with van der Waals surface area (Å²) in [7, 11) is 0. The third kappa shape index (κ3) is 4.02. The molecular weight excluding hydrogens is 280 g/mol. The number of nitrogens with one attached hydrogen (secondary N) is 2. The number of carbonyl (C=O) groups is 2. The lowest BCUT2D eigenvalue weighted by molar-refractivity contribution is -0.142. The summed E-state index contributed by atoms with van der Waals surface area (Å²) >= 11 is 1.89. The molecule has 2 unspecified atom stereocenters. The van der Waals surface area contributed by atoms with Gasteiger partial charge in [-0.15, -0.1) is 0 Å². The van der Waals surface area contributed by atoms with Crippen molar-refractivity contribution in [3.63, 3.8) is 0 Å². The monoisotopic (exact) mass is 302 g/mol. The van der Waals surface area contributed by atoms with E-state index in [0.717, 1.165) is 25.7 Å². The van der Waals surface area contributed by atoms with Crippen molar-refractivity contribution < 1.29 is 19.4 Å². The van der Waals surface area contributed by atoms with E-state index in [0.29, 0.717) is 5.25 Å². The first-order valence-electron chi connectivity index (χ1n) is 7.00. The number of carboxylic acid groups (broad SMARTS) is 1. The molecule has 0 aromatic rings. The third-order valence-corrected chi connectivity index (χ3v) is 5.20. The Kier molecular flexibility index (Phi) is 5.54. The van der Waals surface area contributed by atoms with Crippen molar-refractivity contribution in [1.29, 1.82) is 0 Å². The summed E-state index contributed by atoms with van der Waals surface area (Å²) in [4.78, 5) is 22.9. The zero-order valence-corrected chi connectivity index (χ0v) is 12.4. The zero-order valence-electron chi connectivity index (χ0n) is 11.6. The fourth-order valence-corrected chi connectivity index (χ4v) is 3.52. The highest BCUT2D eigenvalue weighted by atomic mass is 32.2. The van der Waals surface area contributed by atoms with E-state index >= 15 is 0 Å². The molecule has 7 heteroatoms. The minimum Gasteiger partial charge on any atom is -0.481 e. The van der Waals surface area contributed by atoms with Gasteiger partial charge in [0.1, 0.15) is 5.92 Å². The maximum Gasteiger partial charge on any atom is 0.315 e. The van der Waals surface area contributed by atoms with Gasteiger partial charge in [0.05, 0.1) is 19.3 Å². The van der Waals surface area contributed by atoms with E-state index in [2.05, 4.69) is 16.9 Å². The topological polar surface area (TPSA) is 87.7 Å². The molecule has 0 aromatic heterocycles. The van der Waals surface area contributed by atoms with Gasteiger partial charge in [0.2, 0.25) is 0 Å². The molecular formula is C13H22N2O4S. The van der Waals surface area contributed by atoms with Crippen LogP contribution in [0, 0.1) is 5.92 Å². The molecule has 6 nitrogen and oxygen atoms in total. The number of ether oxygens (including phenoxy) is 1.